The highest BCUT2D eigenvalue weighted by Crippen LogP contribution is 2.34. The lowest BCUT2D eigenvalue weighted by atomic mass is 10.2. The predicted octanol–water partition coefficient (Wildman–Crippen LogP) is 2.94. The maximum absolute atomic E-state index is 11.9. The average molecular weight is 316 g/mol. The number of hydrogen-bond acceptors (Lipinski definition) is 3. The largest absolute Gasteiger partial charge is 0.348 e. The Morgan fingerprint density at radius 1 is 1.59 bits per heavy atom. The molecule has 1 aromatic heterocycles. The van der Waals surface area contributed by atoms with Crippen molar-refractivity contribution < 1.29 is 4.79 Å². The first-order chi connectivity index (χ1) is 7.61. The number of carbonyl (C=O) groups is 1. The van der Waals surface area contributed by atoms with Gasteiger partial charge in [0.15, 0.2) is 0 Å². The molecule has 0 spiro atoms. The van der Waals surface area contributed by atoms with Crippen LogP contribution in [0.2, 0.25) is 8.67 Å². The lowest BCUT2D eigenvalue weighted by Crippen LogP contribution is -2.41. The van der Waals surface area contributed by atoms with E-state index >= 15 is 0 Å². The van der Waals surface area contributed by atoms with Crippen LogP contribution in [0.25, 0.3) is 0 Å². The minimum absolute atomic E-state index is 0. The Kier molecular flexibility index (Phi) is 5.54. The summed E-state index contributed by atoms with van der Waals surface area (Å²) in [6.07, 6.45) is 2.28. The number of carbonyl (C=O) groups excluding carboxylic acids is 1. The summed E-state index contributed by atoms with van der Waals surface area (Å²) in [7, 11) is 0. The van der Waals surface area contributed by atoms with E-state index in [1.165, 1.54) is 11.3 Å². The molecule has 0 radical (unpaired) electrons. The van der Waals surface area contributed by atoms with E-state index in [0.717, 1.165) is 12.8 Å². The second-order valence-electron chi connectivity index (χ2n) is 3.89. The third-order valence-electron chi connectivity index (χ3n) is 2.66. The van der Waals surface area contributed by atoms with Crippen LogP contribution in [-0.2, 0) is 0 Å². The number of amides is 1. The van der Waals surface area contributed by atoms with Crippen molar-refractivity contribution in [3.63, 3.8) is 0 Å². The minimum Gasteiger partial charge on any atom is -0.348 e. The van der Waals surface area contributed by atoms with Crippen LogP contribution < -0.4 is 11.1 Å². The summed E-state index contributed by atoms with van der Waals surface area (Å²) in [6.45, 7) is 0.464. The van der Waals surface area contributed by atoms with Crippen molar-refractivity contribution in [3.05, 3.63) is 20.3 Å². The highest BCUT2D eigenvalue weighted by Gasteiger charge is 2.31. The van der Waals surface area contributed by atoms with Gasteiger partial charge in [0.1, 0.15) is 4.34 Å². The third-order valence-corrected chi connectivity index (χ3v) is 4.15. The molecular formula is C10H13Cl3N2OS. The lowest BCUT2D eigenvalue weighted by molar-refractivity contribution is 0.0934. The molecule has 0 bridgehead atoms. The van der Waals surface area contributed by atoms with Crippen LogP contribution in [0, 0.1) is 5.92 Å². The van der Waals surface area contributed by atoms with Gasteiger partial charge < -0.3 is 11.1 Å². The molecule has 1 aliphatic carbocycles. The van der Waals surface area contributed by atoms with Crippen LogP contribution in [0.3, 0.4) is 0 Å². The van der Waals surface area contributed by atoms with Crippen LogP contribution in [0.15, 0.2) is 6.07 Å². The molecule has 1 saturated carbocycles. The smallest absolute Gasteiger partial charge is 0.253 e. The summed E-state index contributed by atoms with van der Waals surface area (Å²) in [4.78, 5) is 11.9. The molecule has 1 atom stereocenters. The first-order valence-corrected chi connectivity index (χ1v) is 6.65. The molecule has 1 amide bonds. The number of thiophene rings is 1. The monoisotopic (exact) mass is 314 g/mol. The molecule has 17 heavy (non-hydrogen) atoms. The molecule has 0 aliphatic heterocycles. The standard InChI is InChI=1S/C10H12Cl2N2OS.ClH/c11-8-3-6(9(12)16-8)10(15)14-7(4-13)5-1-2-5;/h3,5,7H,1-2,4,13H2,(H,14,15);1H. The van der Waals surface area contributed by atoms with Crippen LogP contribution in [0.1, 0.15) is 23.2 Å². The Morgan fingerprint density at radius 3 is 2.65 bits per heavy atom. The van der Waals surface area contributed by atoms with Gasteiger partial charge in [-0.25, -0.2) is 0 Å². The molecule has 1 aliphatic rings. The fourth-order valence-electron chi connectivity index (χ4n) is 1.61. The molecule has 3 nitrogen and oxygen atoms in total. The van der Waals surface area contributed by atoms with E-state index in [9.17, 15) is 4.79 Å². The first-order valence-electron chi connectivity index (χ1n) is 5.07. The minimum atomic E-state index is -0.185. The Labute approximate surface area is 120 Å². The van der Waals surface area contributed by atoms with E-state index in [1.807, 2.05) is 0 Å². The summed E-state index contributed by atoms with van der Waals surface area (Å²) in [5, 5.41) is 2.90. The van der Waals surface area contributed by atoms with Crippen molar-refractivity contribution >= 4 is 52.9 Å². The van der Waals surface area contributed by atoms with Gasteiger partial charge in [0, 0.05) is 12.6 Å². The Hall–Kier alpha value is -0.0000000000000000555. The lowest BCUT2D eigenvalue weighted by Gasteiger charge is -2.15. The summed E-state index contributed by atoms with van der Waals surface area (Å²) < 4.78 is 0.944. The van der Waals surface area contributed by atoms with Gasteiger partial charge in [-0.15, -0.1) is 23.7 Å². The Morgan fingerprint density at radius 2 is 2.24 bits per heavy atom. The second-order valence-corrected chi connectivity index (χ2v) is 6.18. The topological polar surface area (TPSA) is 55.1 Å². The third kappa shape index (κ3) is 3.73. The first kappa shape index (κ1) is 15.1. The van der Waals surface area contributed by atoms with Crippen LogP contribution in [0.5, 0.6) is 0 Å². The highest BCUT2D eigenvalue weighted by molar-refractivity contribution is 7.20. The SMILES string of the molecule is Cl.NCC(NC(=O)c1cc(Cl)sc1Cl)C1CC1. The maximum Gasteiger partial charge on any atom is 0.253 e. The normalized spacial score (nSPS) is 16.2. The number of halogens is 3. The van der Waals surface area contributed by atoms with Crippen LogP contribution in [0.4, 0.5) is 0 Å². The molecule has 3 N–H and O–H groups in total. The molecule has 0 aromatic carbocycles. The molecule has 1 fully saturated rings. The van der Waals surface area contributed by atoms with Crippen molar-refractivity contribution in [2.75, 3.05) is 6.54 Å². The number of nitrogens with one attached hydrogen (secondary N) is 1. The van der Waals surface area contributed by atoms with Crippen LogP contribution >= 0.6 is 46.9 Å². The second kappa shape index (κ2) is 6.25. The van der Waals surface area contributed by atoms with Gasteiger partial charge in [-0.3, -0.25) is 4.79 Å². The fourth-order valence-corrected chi connectivity index (χ4v) is 3.07. The van der Waals surface area contributed by atoms with Crippen LogP contribution in [-0.4, -0.2) is 18.5 Å². The van der Waals surface area contributed by atoms with E-state index in [2.05, 4.69) is 5.32 Å². The maximum atomic E-state index is 11.9. The summed E-state index contributed by atoms with van der Waals surface area (Å²) in [6, 6.07) is 1.65. The molecule has 0 saturated heterocycles. The summed E-state index contributed by atoms with van der Waals surface area (Å²) >= 11 is 12.9. The van der Waals surface area contributed by atoms with E-state index in [1.54, 1.807) is 6.07 Å². The van der Waals surface area contributed by atoms with Gasteiger partial charge in [-0.2, -0.15) is 0 Å². The van der Waals surface area contributed by atoms with E-state index < -0.39 is 0 Å². The number of nitrogens with two attached hydrogens (primary N) is 1. The molecule has 2 rings (SSSR count). The predicted molar refractivity (Wildman–Crippen MR) is 74.6 cm³/mol. The van der Waals surface area contributed by atoms with Crippen molar-refractivity contribution in [2.45, 2.75) is 18.9 Å². The van der Waals surface area contributed by atoms with Crippen molar-refractivity contribution in [3.8, 4) is 0 Å². The molecule has 7 heteroatoms. The van der Waals surface area contributed by atoms with Gasteiger partial charge in [0.2, 0.25) is 0 Å². The van der Waals surface area contributed by atoms with Gasteiger partial charge in [-0.05, 0) is 24.8 Å². The zero-order valence-corrected chi connectivity index (χ0v) is 12.1. The van der Waals surface area contributed by atoms with E-state index in [4.69, 9.17) is 28.9 Å². The van der Waals surface area contributed by atoms with E-state index in [0.29, 0.717) is 26.7 Å². The quantitative estimate of drug-likeness (QED) is 0.897. The summed E-state index contributed by atoms with van der Waals surface area (Å²) in [5.74, 6) is 0.345. The van der Waals surface area contributed by atoms with Gasteiger partial charge >= 0.3 is 0 Å². The molecule has 1 aromatic rings. The average Bonchev–Trinajstić information content (AvgIpc) is 3.01. The summed E-state index contributed by atoms with van der Waals surface area (Å²) in [5.41, 5.74) is 6.05. The zero-order valence-electron chi connectivity index (χ0n) is 8.91. The van der Waals surface area contributed by atoms with Crippen molar-refractivity contribution in [2.24, 2.45) is 11.7 Å². The molecule has 96 valence electrons. The zero-order chi connectivity index (χ0) is 11.7. The Bertz CT molecular complexity index is 406. The molecule has 1 heterocycles. The van der Waals surface area contributed by atoms with Gasteiger partial charge in [0.05, 0.1) is 9.90 Å². The Balaban J connectivity index is 0.00000144. The fraction of sp³-hybridized carbons (Fsp3) is 0.500. The highest BCUT2D eigenvalue weighted by atomic mass is 35.5. The van der Waals surface area contributed by atoms with Crippen molar-refractivity contribution in [1.82, 2.24) is 5.32 Å². The van der Waals surface area contributed by atoms with Crippen molar-refractivity contribution in [1.29, 1.82) is 0 Å². The number of hydrogen-bond donors (Lipinski definition) is 2. The van der Waals surface area contributed by atoms with Gasteiger partial charge in [-0.1, -0.05) is 23.2 Å². The number of rotatable bonds is 4. The molecular weight excluding hydrogens is 303 g/mol. The molecule has 1 unspecified atom stereocenters. The van der Waals surface area contributed by atoms with Gasteiger partial charge in [0.25, 0.3) is 5.91 Å². The van der Waals surface area contributed by atoms with E-state index in [-0.39, 0.29) is 24.4 Å².